The Labute approximate surface area is 216 Å². The van der Waals surface area contributed by atoms with Gasteiger partial charge in [-0.15, -0.1) is 0 Å². The van der Waals surface area contributed by atoms with Crippen molar-refractivity contribution in [3.05, 3.63) is 94.6 Å². The summed E-state index contributed by atoms with van der Waals surface area (Å²) in [6, 6.07) is 17.9. The van der Waals surface area contributed by atoms with Crippen molar-refractivity contribution in [2.45, 2.75) is 45.9 Å². The summed E-state index contributed by atoms with van der Waals surface area (Å²) in [4.78, 5) is 28.0. The zero-order chi connectivity index (χ0) is 26.9. The smallest absolute Gasteiger partial charge is 0.295 e. The van der Waals surface area contributed by atoms with Crippen LogP contribution >= 0.6 is 0 Å². The van der Waals surface area contributed by atoms with Crippen LogP contribution in [-0.4, -0.2) is 39.5 Å². The van der Waals surface area contributed by atoms with Crippen molar-refractivity contribution >= 4 is 17.4 Å². The first-order valence-corrected chi connectivity index (χ1v) is 12.0. The fourth-order valence-electron chi connectivity index (χ4n) is 4.43. The largest absolute Gasteiger partial charge is 0.508 e. The van der Waals surface area contributed by atoms with Crippen LogP contribution in [0.15, 0.2) is 72.3 Å². The Morgan fingerprint density at radius 1 is 0.946 bits per heavy atom. The van der Waals surface area contributed by atoms with Gasteiger partial charge in [0.1, 0.15) is 28.6 Å². The normalized spacial score (nSPS) is 17.2. The van der Waals surface area contributed by atoms with Gasteiger partial charge in [-0.2, -0.15) is 0 Å². The molecule has 0 aromatic heterocycles. The number of ether oxygens (including phenoxy) is 2. The minimum Gasteiger partial charge on any atom is -0.508 e. The van der Waals surface area contributed by atoms with Gasteiger partial charge in [0.15, 0.2) is 0 Å². The molecule has 7 heteroatoms. The number of aryl methyl sites for hydroxylation is 1. The summed E-state index contributed by atoms with van der Waals surface area (Å²) in [5, 5.41) is 21.2. The standard InChI is InChI=1S/C30H31NO6/c1-18-16-23(36-5)14-15-24(18)27(33)25-26(20-8-10-21(32)11-9-20)31(29(35)28(25)34)17-19-6-12-22(13-7-19)37-30(2,3)4/h6-16,26,32-33H,17H2,1-5H3/b27-25-. The highest BCUT2D eigenvalue weighted by Gasteiger charge is 2.46. The van der Waals surface area contributed by atoms with Crippen LogP contribution in [0.3, 0.4) is 0 Å². The van der Waals surface area contributed by atoms with Gasteiger partial charge in [-0.25, -0.2) is 0 Å². The Balaban J connectivity index is 1.77. The Bertz CT molecular complexity index is 1350. The van der Waals surface area contributed by atoms with Crippen LogP contribution in [0.4, 0.5) is 0 Å². The van der Waals surface area contributed by atoms with Gasteiger partial charge in [0.05, 0.1) is 18.7 Å². The van der Waals surface area contributed by atoms with Crippen LogP contribution in [0.5, 0.6) is 17.2 Å². The summed E-state index contributed by atoms with van der Waals surface area (Å²) in [5.74, 6) is -0.361. The minimum atomic E-state index is -0.840. The predicted octanol–water partition coefficient (Wildman–Crippen LogP) is 5.51. The van der Waals surface area contributed by atoms with E-state index in [9.17, 15) is 19.8 Å². The summed E-state index contributed by atoms with van der Waals surface area (Å²) in [7, 11) is 1.55. The molecule has 1 amide bonds. The molecular formula is C30H31NO6. The SMILES string of the molecule is COc1ccc(/C(O)=C2/C(=O)C(=O)N(Cc3ccc(OC(C)(C)C)cc3)C2c2ccc(O)cc2)c(C)c1. The molecule has 0 spiro atoms. The molecular weight excluding hydrogens is 470 g/mol. The quantitative estimate of drug-likeness (QED) is 0.263. The van der Waals surface area contributed by atoms with Gasteiger partial charge in [0.25, 0.3) is 11.7 Å². The van der Waals surface area contributed by atoms with E-state index in [1.165, 1.54) is 17.0 Å². The highest BCUT2D eigenvalue weighted by Crippen LogP contribution is 2.41. The molecule has 1 aliphatic rings. The topological polar surface area (TPSA) is 96.3 Å². The lowest BCUT2D eigenvalue weighted by Crippen LogP contribution is -2.29. The number of phenols is 1. The lowest BCUT2D eigenvalue weighted by molar-refractivity contribution is -0.140. The van der Waals surface area contributed by atoms with E-state index in [-0.39, 0.29) is 29.2 Å². The van der Waals surface area contributed by atoms with E-state index in [4.69, 9.17) is 9.47 Å². The summed E-state index contributed by atoms with van der Waals surface area (Å²) >= 11 is 0. The number of Topliss-reactive ketones (excluding diaryl/α,β-unsaturated/α-hetero) is 1. The third kappa shape index (κ3) is 5.45. The Morgan fingerprint density at radius 3 is 2.14 bits per heavy atom. The maximum Gasteiger partial charge on any atom is 0.295 e. The zero-order valence-electron chi connectivity index (χ0n) is 21.6. The van der Waals surface area contributed by atoms with E-state index < -0.39 is 17.7 Å². The number of hydrogen-bond donors (Lipinski definition) is 2. The number of amides is 1. The molecule has 4 rings (SSSR count). The first-order valence-electron chi connectivity index (χ1n) is 12.0. The van der Waals surface area contributed by atoms with Crippen LogP contribution in [0.25, 0.3) is 5.76 Å². The average molecular weight is 502 g/mol. The van der Waals surface area contributed by atoms with Crippen molar-refractivity contribution < 1.29 is 29.3 Å². The van der Waals surface area contributed by atoms with Crippen molar-refractivity contribution in [3.63, 3.8) is 0 Å². The number of nitrogens with zero attached hydrogens (tertiary/aromatic N) is 1. The number of methoxy groups -OCH3 is 1. The Hall–Kier alpha value is -4.26. The molecule has 192 valence electrons. The summed E-state index contributed by atoms with van der Waals surface area (Å²) in [5.41, 5.74) is 2.18. The predicted molar refractivity (Wildman–Crippen MR) is 141 cm³/mol. The van der Waals surface area contributed by atoms with E-state index in [1.807, 2.05) is 45.0 Å². The van der Waals surface area contributed by atoms with Crippen LogP contribution in [0.1, 0.15) is 49.1 Å². The number of rotatable bonds is 6. The molecule has 0 aliphatic carbocycles. The molecule has 1 heterocycles. The molecule has 7 nitrogen and oxygen atoms in total. The van der Waals surface area contributed by atoms with Gasteiger partial charge in [0, 0.05) is 12.1 Å². The molecule has 1 saturated heterocycles. The number of likely N-dealkylation sites (tertiary alicyclic amines) is 1. The summed E-state index contributed by atoms with van der Waals surface area (Å²) < 4.78 is 11.1. The van der Waals surface area contributed by atoms with Gasteiger partial charge in [-0.05, 0) is 86.8 Å². The Kier molecular flexibility index (Phi) is 6.99. The molecule has 3 aromatic carbocycles. The highest BCUT2D eigenvalue weighted by atomic mass is 16.5. The highest BCUT2D eigenvalue weighted by molar-refractivity contribution is 6.46. The maximum atomic E-state index is 13.3. The average Bonchev–Trinajstić information content (AvgIpc) is 3.09. The van der Waals surface area contributed by atoms with E-state index >= 15 is 0 Å². The monoisotopic (exact) mass is 501 g/mol. The van der Waals surface area contributed by atoms with Crippen molar-refractivity contribution in [1.29, 1.82) is 0 Å². The number of carbonyl (C=O) groups is 2. The Morgan fingerprint density at radius 2 is 1.57 bits per heavy atom. The van der Waals surface area contributed by atoms with Crippen LogP contribution < -0.4 is 9.47 Å². The van der Waals surface area contributed by atoms with Crippen molar-refractivity contribution in [2.24, 2.45) is 0 Å². The molecule has 2 N–H and O–H groups in total. The fourth-order valence-corrected chi connectivity index (χ4v) is 4.43. The number of hydrogen-bond acceptors (Lipinski definition) is 6. The zero-order valence-corrected chi connectivity index (χ0v) is 21.6. The van der Waals surface area contributed by atoms with Gasteiger partial charge in [0.2, 0.25) is 0 Å². The van der Waals surface area contributed by atoms with Crippen molar-refractivity contribution in [2.75, 3.05) is 7.11 Å². The molecule has 1 unspecified atom stereocenters. The third-order valence-corrected chi connectivity index (χ3v) is 6.14. The van der Waals surface area contributed by atoms with Crippen LogP contribution in [-0.2, 0) is 16.1 Å². The number of carbonyl (C=O) groups excluding carboxylic acids is 2. The molecule has 37 heavy (non-hydrogen) atoms. The number of ketones is 1. The molecule has 0 radical (unpaired) electrons. The van der Waals surface area contributed by atoms with E-state index in [2.05, 4.69) is 0 Å². The van der Waals surface area contributed by atoms with Gasteiger partial charge in [-0.3, -0.25) is 9.59 Å². The maximum absolute atomic E-state index is 13.3. The lowest BCUT2D eigenvalue weighted by atomic mass is 9.93. The number of aliphatic hydroxyl groups is 1. The summed E-state index contributed by atoms with van der Waals surface area (Å²) in [6.45, 7) is 7.82. The van der Waals surface area contributed by atoms with Gasteiger partial charge >= 0.3 is 0 Å². The van der Waals surface area contributed by atoms with E-state index in [1.54, 1.807) is 44.4 Å². The van der Waals surface area contributed by atoms with Crippen molar-refractivity contribution in [1.82, 2.24) is 4.90 Å². The van der Waals surface area contributed by atoms with Crippen LogP contribution in [0.2, 0.25) is 0 Å². The number of phenolic OH excluding ortho intramolecular Hbond substituents is 1. The second-order valence-electron chi connectivity index (χ2n) is 10.1. The molecule has 1 aliphatic heterocycles. The minimum absolute atomic E-state index is 0.00311. The molecule has 3 aromatic rings. The van der Waals surface area contributed by atoms with Gasteiger partial charge in [-0.1, -0.05) is 24.3 Å². The first-order chi connectivity index (χ1) is 17.5. The summed E-state index contributed by atoms with van der Waals surface area (Å²) in [6.07, 6.45) is 0. The molecule has 1 fully saturated rings. The third-order valence-electron chi connectivity index (χ3n) is 6.14. The number of aliphatic hydroxyl groups excluding tert-OH is 1. The molecule has 0 bridgehead atoms. The fraction of sp³-hybridized carbons (Fsp3) is 0.267. The molecule has 1 atom stereocenters. The van der Waals surface area contributed by atoms with E-state index in [0.717, 1.165) is 5.56 Å². The molecule has 0 saturated carbocycles. The number of benzene rings is 3. The first kappa shape index (κ1) is 25.8. The van der Waals surface area contributed by atoms with Crippen LogP contribution in [0, 0.1) is 6.92 Å². The second-order valence-corrected chi connectivity index (χ2v) is 10.1. The van der Waals surface area contributed by atoms with E-state index in [0.29, 0.717) is 28.2 Å². The van der Waals surface area contributed by atoms with Gasteiger partial charge < -0.3 is 24.6 Å². The lowest BCUT2D eigenvalue weighted by Gasteiger charge is -2.26. The van der Waals surface area contributed by atoms with Crippen molar-refractivity contribution in [3.8, 4) is 17.2 Å². The number of aromatic hydroxyl groups is 1. The second kappa shape index (κ2) is 10.0.